The summed E-state index contributed by atoms with van der Waals surface area (Å²) in [5.74, 6) is -1.45. The lowest BCUT2D eigenvalue weighted by Gasteiger charge is -2.63. The Balaban J connectivity index is 2.14. The lowest BCUT2D eigenvalue weighted by molar-refractivity contribution is -0.226. The lowest BCUT2D eigenvalue weighted by atomic mass is 9.37. The largest absolute Gasteiger partial charge is 0.481 e. The summed E-state index contributed by atoms with van der Waals surface area (Å²) in [6.45, 7) is 0. The highest BCUT2D eigenvalue weighted by Crippen LogP contribution is 2.69. The molecule has 0 heterocycles. The fraction of sp³-hybridized carbons (Fsp3) is 0.750. The number of carbonyl (C=O) groups excluding carboxylic acids is 1. The average molecular weight is 170 g/mol. The number of hydrogen-bond donors (Lipinski definition) is 1. The van der Waals surface area contributed by atoms with Gasteiger partial charge in [-0.3, -0.25) is 9.59 Å². The van der Waals surface area contributed by atoms with Crippen LogP contribution in [0.25, 0.3) is 0 Å². The molecule has 1 N–H and O–H groups in total. The average Bonchev–Trinajstić information content (AvgIpc) is 1.80. The van der Waals surface area contributed by atoms with Crippen molar-refractivity contribution in [2.75, 3.05) is 7.11 Å². The lowest BCUT2D eigenvalue weighted by Crippen LogP contribution is -2.68. The molecule has 0 aromatic heterocycles. The minimum absolute atomic E-state index is 0.224. The van der Waals surface area contributed by atoms with E-state index in [4.69, 9.17) is 5.11 Å². The number of methoxy groups -OCH3 is 1. The fourth-order valence-electron chi connectivity index (χ4n) is 2.43. The smallest absolute Gasteiger partial charge is 0.312 e. The van der Waals surface area contributed by atoms with E-state index in [1.165, 1.54) is 7.11 Å². The maximum atomic E-state index is 11.2. The molecule has 1 unspecified atom stereocenters. The molecule has 0 radical (unpaired) electrons. The summed E-state index contributed by atoms with van der Waals surface area (Å²) in [6.07, 6.45) is 1.41. The van der Waals surface area contributed by atoms with E-state index < -0.39 is 17.3 Å². The Morgan fingerprint density at radius 2 is 2.08 bits per heavy atom. The Hall–Kier alpha value is -1.06. The number of esters is 1. The normalized spacial score (nSPS) is 42.4. The molecule has 0 aliphatic heterocycles. The van der Waals surface area contributed by atoms with Crippen LogP contribution in [0.2, 0.25) is 0 Å². The molecule has 2 bridgehead atoms. The van der Waals surface area contributed by atoms with E-state index in [0.717, 1.165) is 0 Å². The molecule has 4 heteroatoms. The number of carboxylic acids is 1. The quantitative estimate of drug-likeness (QED) is 0.604. The van der Waals surface area contributed by atoms with Crippen molar-refractivity contribution in [3.05, 3.63) is 0 Å². The van der Waals surface area contributed by atoms with Crippen LogP contribution in [0.4, 0.5) is 0 Å². The molecule has 0 amide bonds. The van der Waals surface area contributed by atoms with E-state index in [1.54, 1.807) is 0 Å². The van der Waals surface area contributed by atoms with Crippen LogP contribution < -0.4 is 0 Å². The summed E-state index contributed by atoms with van der Waals surface area (Å²) < 4.78 is 4.57. The zero-order valence-electron chi connectivity index (χ0n) is 6.74. The van der Waals surface area contributed by atoms with E-state index in [-0.39, 0.29) is 11.9 Å². The topological polar surface area (TPSA) is 63.6 Å². The number of carbonyl (C=O) groups is 2. The van der Waals surface area contributed by atoms with Crippen molar-refractivity contribution < 1.29 is 19.4 Å². The summed E-state index contributed by atoms with van der Waals surface area (Å²) >= 11 is 0. The highest BCUT2D eigenvalue weighted by Gasteiger charge is 2.73. The second-order valence-corrected chi connectivity index (χ2v) is 3.63. The monoisotopic (exact) mass is 170 g/mol. The number of rotatable bonds is 2. The predicted molar refractivity (Wildman–Crippen MR) is 38.3 cm³/mol. The van der Waals surface area contributed by atoms with Crippen molar-refractivity contribution in [3.8, 4) is 0 Å². The van der Waals surface area contributed by atoms with Gasteiger partial charge in [-0.1, -0.05) is 0 Å². The zero-order valence-corrected chi connectivity index (χ0v) is 6.74. The second-order valence-electron chi connectivity index (χ2n) is 3.63. The van der Waals surface area contributed by atoms with Crippen LogP contribution >= 0.6 is 0 Å². The van der Waals surface area contributed by atoms with Gasteiger partial charge in [0.25, 0.3) is 0 Å². The third-order valence-electron chi connectivity index (χ3n) is 3.18. The van der Waals surface area contributed by atoms with E-state index in [1.807, 2.05) is 0 Å². The van der Waals surface area contributed by atoms with Gasteiger partial charge in [-0.05, 0) is 18.8 Å². The molecular weight excluding hydrogens is 160 g/mol. The summed E-state index contributed by atoms with van der Waals surface area (Å²) in [5.41, 5.74) is -0.648. The molecule has 3 saturated carbocycles. The van der Waals surface area contributed by atoms with E-state index >= 15 is 0 Å². The van der Waals surface area contributed by atoms with Crippen molar-refractivity contribution >= 4 is 11.9 Å². The Bertz CT molecular complexity index is 252. The minimum Gasteiger partial charge on any atom is -0.481 e. The van der Waals surface area contributed by atoms with Gasteiger partial charge in [0, 0.05) is 0 Å². The Morgan fingerprint density at radius 1 is 1.50 bits per heavy atom. The molecule has 1 atom stereocenters. The second kappa shape index (κ2) is 2.00. The molecule has 0 aromatic rings. The van der Waals surface area contributed by atoms with Gasteiger partial charge in [0.15, 0.2) is 0 Å². The summed E-state index contributed by atoms with van der Waals surface area (Å²) in [7, 11) is 1.31. The number of aliphatic carboxylic acids is 1. The number of carboxylic acid groups (broad SMARTS) is 1. The first kappa shape index (κ1) is 7.58. The van der Waals surface area contributed by atoms with Crippen molar-refractivity contribution in [2.24, 2.45) is 17.3 Å². The molecule has 3 aliphatic rings. The van der Waals surface area contributed by atoms with Crippen LogP contribution in [-0.2, 0) is 14.3 Å². The van der Waals surface area contributed by atoms with Gasteiger partial charge in [0.05, 0.1) is 18.4 Å². The summed E-state index contributed by atoms with van der Waals surface area (Å²) in [4.78, 5) is 21.8. The molecule has 12 heavy (non-hydrogen) atoms. The third kappa shape index (κ3) is 0.589. The van der Waals surface area contributed by atoms with E-state index in [2.05, 4.69) is 4.74 Å². The first-order chi connectivity index (χ1) is 5.62. The van der Waals surface area contributed by atoms with Crippen molar-refractivity contribution in [3.63, 3.8) is 0 Å². The molecule has 0 saturated heterocycles. The fourth-order valence-corrected chi connectivity index (χ4v) is 2.43. The Morgan fingerprint density at radius 3 is 2.33 bits per heavy atom. The van der Waals surface area contributed by atoms with E-state index in [0.29, 0.717) is 12.8 Å². The summed E-state index contributed by atoms with van der Waals surface area (Å²) in [5, 5.41) is 8.74. The molecule has 4 nitrogen and oxygen atoms in total. The SMILES string of the molecule is COC(=O)C12CC(C1)C2C(=O)O. The van der Waals surface area contributed by atoms with Crippen LogP contribution in [0.1, 0.15) is 12.8 Å². The molecule has 3 aliphatic carbocycles. The molecule has 66 valence electrons. The van der Waals surface area contributed by atoms with Gasteiger partial charge in [0.1, 0.15) is 0 Å². The molecule has 3 fully saturated rings. The van der Waals surface area contributed by atoms with Gasteiger partial charge < -0.3 is 9.84 Å². The zero-order chi connectivity index (χ0) is 8.93. The molecule has 0 spiro atoms. The van der Waals surface area contributed by atoms with Gasteiger partial charge in [-0.2, -0.15) is 0 Å². The van der Waals surface area contributed by atoms with Crippen molar-refractivity contribution in [2.45, 2.75) is 12.8 Å². The van der Waals surface area contributed by atoms with Gasteiger partial charge in [-0.25, -0.2) is 0 Å². The third-order valence-corrected chi connectivity index (χ3v) is 3.18. The first-order valence-electron chi connectivity index (χ1n) is 3.93. The van der Waals surface area contributed by atoms with Crippen LogP contribution in [0.15, 0.2) is 0 Å². The molecular formula is C8H10O4. The highest BCUT2D eigenvalue weighted by molar-refractivity contribution is 5.89. The first-order valence-corrected chi connectivity index (χ1v) is 3.93. The van der Waals surface area contributed by atoms with Crippen molar-refractivity contribution in [1.82, 2.24) is 0 Å². The van der Waals surface area contributed by atoms with Crippen LogP contribution in [-0.4, -0.2) is 24.2 Å². The predicted octanol–water partition coefficient (Wildman–Crippen LogP) is 0.270. The molecule has 3 rings (SSSR count). The maximum Gasteiger partial charge on any atom is 0.312 e. The Labute approximate surface area is 69.5 Å². The number of ether oxygens (including phenoxy) is 1. The number of hydrogen-bond acceptors (Lipinski definition) is 3. The van der Waals surface area contributed by atoms with Gasteiger partial charge >= 0.3 is 11.9 Å². The van der Waals surface area contributed by atoms with Crippen LogP contribution in [0.5, 0.6) is 0 Å². The maximum absolute atomic E-state index is 11.2. The van der Waals surface area contributed by atoms with Crippen LogP contribution in [0.3, 0.4) is 0 Å². The standard InChI is InChI=1S/C8H10O4/c1-12-7(11)8-2-4(3-8)5(8)6(9)10/h4-5H,2-3H2,1H3,(H,9,10). The van der Waals surface area contributed by atoms with Gasteiger partial charge in [0.2, 0.25) is 0 Å². The Kier molecular flexibility index (Phi) is 1.26. The van der Waals surface area contributed by atoms with Gasteiger partial charge in [-0.15, -0.1) is 0 Å². The highest BCUT2D eigenvalue weighted by atomic mass is 16.5. The van der Waals surface area contributed by atoms with E-state index in [9.17, 15) is 9.59 Å². The summed E-state index contributed by atoms with van der Waals surface area (Å²) in [6, 6.07) is 0. The van der Waals surface area contributed by atoms with Crippen molar-refractivity contribution in [1.29, 1.82) is 0 Å². The molecule has 0 aromatic carbocycles. The minimum atomic E-state index is -0.858. The van der Waals surface area contributed by atoms with Crippen LogP contribution in [0, 0.1) is 17.3 Å².